The highest BCUT2D eigenvalue weighted by molar-refractivity contribution is 5.81. The summed E-state index contributed by atoms with van der Waals surface area (Å²) in [5, 5.41) is 0. The van der Waals surface area contributed by atoms with Crippen LogP contribution in [0, 0.1) is 5.92 Å². The molecule has 2 aliphatic heterocycles. The summed E-state index contributed by atoms with van der Waals surface area (Å²) < 4.78 is 26.2. The van der Waals surface area contributed by atoms with Crippen molar-refractivity contribution in [2.45, 2.75) is 103 Å². The Bertz CT molecular complexity index is 1080. The Morgan fingerprint density at radius 2 is 2.00 bits per heavy atom. The second-order valence-corrected chi connectivity index (χ2v) is 10.8. The SMILES string of the molecule is CCOC(=O)CC[C@H]1C[C@@H](N(C[C@H]2OC(n3cnc4c(N)ncnc43)[C@@H]3OC(C)(C)O[C@H]23)C(C)C)C1. The first-order valence-electron chi connectivity index (χ1n) is 13.0. The third-order valence-electron chi connectivity index (χ3n) is 7.58. The molecule has 36 heavy (non-hydrogen) atoms. The number of ether oxygens (including phenoxy) is 4. The lowest BCUT2D eigenvalue weighted by molar-refractivity contribution is -0.199. The van der Waals surface area contributed by atoms with Gasteiger partial charge < -0.3 is 24.7 Å². The van der Waals surface area contributed by atoms with Gasteiger partial charge in [-0.3, -0.25) is 14.3 Å². The molecule has 11 heteroatoms. The quantitative estimate of drug-likeness (QED) is 0.511. The van der Waals surface area contributed by atoms with Gasteiger partial charge in [-0.25, -0.2) is 15.0 Å². The number of nitrogens with zero attached hydrogens (tertiary/aromatic N) is 5. The standard InChI is InChI=1S/C25H38N6O5/c1-6-33-18(32)8-7-15-9-16(10-15)30(14(2)3)11-17-20-21(36-25(4,5)35-20)24(34-17)31-13-29-19-22(26)27-12-28-23(19)31/h12-17,20-21,24H,6-11H2,1-5H3,(H2,26,27,28)/t15-,16+,17-,20-,21-,24?/m1/s1. The van der Waals surface area contributed by atoms with Gasteiger partial charge in [0.1, 0.15) is 30.2 Å². The average Bonchev–Trinajstić information content (AvgIpc) is 3.43. The van der Waals surface area contributed by atoms with E-state index in [0.717, 1.165) is 25.8 Å². The van der Waals surface area contributed by atoms with Crippen molar-refractivity contribution in [1.82, 2.24) is 24.4 Å². The Balaban J connectivity index is 1.29. The first-order valence-corrected chi connectivity index (χ1v) is 13.0. The molecule has 5 rings (SSSR count). The Hall–Kier alpha value is -2.34. The van der Waals surface area contributed by atoms with Crippen LogP contribution in [0.1, 0.15) is 66.5 Å². The summed E-state index contributed by atoms with van der Waals surface area (Å²) in [7, 11) is 0. The van der Waals surface area contributed by atoms with E-state index in [4.69, 9.17) is 24.7 Å². The number of esters is 1. The topological polar surface area (TPSA) is 127 Å². The van der Waals surface area contributed by atoms with Gasteiger partial charge in [0, 0.05) is 25.0 Å². The van der Waals surface area contributed by atoms with Crippen molar-refractivity contribution >= 4 is 23.0 Å². The van der Waals surface area contributed by atoms with Gasteiger partial charge >= 0.3 is 5.97 Å². The molecule has 2 N–H and O–H groups in total. The number of fused-ring (bicyclic) bond motifs is 2. The summed E-state index contributed by atoms with van der Waals surface area (Å²) in [6, 6.07) is 0.800. The molecule has 1 aliphatic carbocycles. The minimum Gasteiger partial charge on any atom is -0.466 e. The van der Waals surface area contributed by atoms with Gasteiger partial charge in [0.05, 0.1) is 12.9 Å². The summed E-state index contributed by atoms with van der Waals surface area (Å²) in [5.41, 5.74) is 7.17. The molecule has 2 saturated heterocycles. The van der Waals surface area contributed by atoms with E-state index < -0.39 is 12.0 Å². The minimum absolute atomic E-state index is 0.0989. The summed E-state index contributed by atoms with van der Waals surface area (Å²) in [6.07, 6.45) is 5.52. The van der Waals surface area contributed by atoms with Crippen LogP contribution >= 0.6 is 0 Å². The number of imidazole rings is 1. The van der Waals surface area contributed by atoms with Crippen LogP contribution in [0.25, 0.3) is 11.2 Å². The zero-order valence-corrected chi connectivity index (χ0v) is 21.8. The number of nitrogens with two attached hydrogens (primary N) is 1. The van der Waals surface area contributed by atoms with Crippen LogP contribution in [-0.4, -0.2) is 79.7 Å². The molecule has 4 atom stereocenters. The number of carbonyl (C=O) groups is 1. The van der Waals surface area contributed by atoms with E-state index in [0.29, 0.717) is 48.0 Å². The van der Waals surface area contributed by atoms with E-state index in [9.17, 15) is 4.79 Å². The molecule has 0 aromatic carbocycles. The molecule has 0 radical (unpaired) electrons. The molecule has 0 spiro atoms. The minimum atomic E-state index is -0.711. The van der Waals surface area contributed by atoms with E-state index in [-0.39, 0.29) is 24.3 Å². The lowest BCUT2D eigenvalue weighted by atomic mass is 9.76. The van der Waals surface area contributed by atoms with Crippen molar-refractivity contribution in [2.24, 2.45) is 5.92 Å². The van der Waals surface area contributed by atoms with Crippen LogP contribution in [0.4, 0.5) is 5.82 Å². The first-order chi connectivity index (χ1) is 17.2. The molecule has 2 aromatic heterocycles. The normalized spacial score (nSPS) is 31.2. The molecule has 198 valence electrons. The number of nitrogen functional groups attached to an aromatic ring is 1. The third kappa shape index (κ3) is 4.81. The average molecular weight is 503 g/mol. The Kier molecular flexibility index (Phi) is 6.92. The summed E-state index contributed by atoms with van der Waals surface area (Å²) >= 11 is 0. The summed E-state index contributed by atoms with van der Waals surface area (Å²) in [5.74, 6) is 0.0793. The Labute approximate surface area is 211 Å². The van der Waals surface area contributed by atoms with Crippen molar-refractivity contribution in [1.29, 1.82) is 0 Å². The molecule has 3 aliphatic rings. The van der Waals surface area contributed by atoms with Crippen molar-refractivity contribution in [2.75, 3.05) is 18.9 Å². The fraction of sp³-hybridized carbons (Fsp3) is 0.760. The molecule has 0 amide bonds. The van der Waals surface area contributed by atoms with Gasteiger partial charge in [0.15, 0.2) is 23.5 Å². The van der Waals surface area contributed by atoms with E-state index in [1.54, 1.807) is 6.33 Å². The Morgan fingerprint density at radius 3 is 2.72 bits per heavy atom. The van der Waals surface area contributed by atoms with Crippen LogP contribution in [0.5, 0.6) is 0 Å². The maximum Gasteiger partial charge on any atom is 0.305 e. The zero-order chi connectivity index (χ0) is 25.6. The monoisotopic (exact) mass is 502 g/mol. The highest BCUT2D eigenvalue weighted by Crippen LogP contribution is 2.45. The number of aromatic nitrogens is 4. The molecular weight excluding hydrogens is 464 g/mol. The molecule has 1 saturated carbocycles. The fourth-order valence-corrected chi connectivity index (χ4v) is 5.84. The van der Waals surface area contributed by atoms with Crippen molar-refractivity contribution in [3.63, 3.8) is 0 Å². The van der Waals surface area contributed by atoms with E-state index in [1.165, 1.54) is 6.33 Å². The zero-order valence-electron chi connectivity index (χ0n) is 21.8. The van der Waals surface area contributed by atoms with Crippen molar-refractivity contribution in [3.05, 3.63) is 12.7 Å². The lowest BCUT2D eigenvalue weighted by Crippen LogP contribution is -2.52. The molecule has 11 nitrogen and oxygen atoms in total. The maximum atomic E-state index is 11.7. The first kappa shape index (κ1) is 25.3. The predicted octanol–water partition coefficient (Wildman–Crippen LogP) is 2.66. The summed E-state index contributed by atoms with van der Waals surface area (Å²) in [6.45, 7) is 11.3. The molecule has 0 bridgehead atoms. The van der Waals surface area contributed by atoms with E-state index >= 15 is 0 Å². The lowest BCUT2D eigenvalue weighted by Gasteiger charge is -2.46. The van der Waals surface area contributed by atoms with Crippen molar-refractivity contribution in [3.8, 4) is 0 Å². The van der Waals surface area contributed by atoms with Gasteiger partial charge in [-0.15, -0.1) is 0 Å². The molecule has 3 fully saturated rings. The third-order valence-corrected chi connectivity index (χ3v) is 7.58. The fourth-order valence-electron chi connectivity index (χ4n) is 5.84. The number of anilines is 1. The highest BCUT2D eigenvalue weighted by Gasteiger charge is 2.56. The number of hydrogen-bond acceptors (Lipinski definition) is 10. The van der Waals surface area contributed by atoms with Crippen LogP contribution < -0.4 is 5.73 Å². The smallest absolute Gasteiger partial charge is 0.305 e. The maximum absolute atomic E-state index is 11.7. The van der Waals surface area contributed by atoms with E-state index in [1.807, 2.05) is 25.3 Å². The highest BCUT2D eigenvalue weighted by atomic mass is 16.8. The Morgan fingerprint density at radius 1 is 1.25 bits per heavy atom. The van der Waals surface area contributed by atoms with Crippen LogP contribution in [-0.2, 0) is 23.7 Å². The van der Waals surface area contributed by atoms with Gasteiger partial charge in [0.25, 0.3) is 0 Å². The van der Waals surface area contributed by atoms with Gasteiger partial charge in [0.2, 0.25) is 0 Å². The second kappa shape index (κ2) is 9.85. The van der Waals surface area contributed by atoms with Crippen LogP contribution in [0.3, 0.4) is 0 Å². The molecule has 2 aromatic rings. The molecule has 1 unspecified atom stereocenters. The van der Waals surface area contributed by atoms with Crippen molar-refractivity contribution < 1.29 is 23.7 Å². The molecular formula is C25H38N6O5. The van der Waals surface area contributed by atoms with Gasteiger partial charge in [-0.05, 0) is 59.8 Å². The number of rotatable bonds is 9. The van der Waals surface area contributed by atoms with E-state index in [2.05, 4.69) is 33.7 Å². The summed E-state index contributed by atoms with van der Waals surface area (Å²) in [4.78, 5) is 27.1. The van der Waals surface area contributed by atoms with Crippen LogP contribution in [0.2, 0.25) is 0 Å². The second-order valence-electron chi connectivity index (χ2n) is 10.8. The largest absolute Gasteiger partial charge is 0.466 e. The van der Waals surface area contributed by atoms with Crippen LogP contribution in [0.15, 0.2) is 12.7 Å². The van der Waals surface area contributed by atoms with Gasteiger partial charge in [-0.1, -0.05) is 0 Å². The number of carbonyl (C=O) groups excluding carboxylic acids is 1. The number of hydrogen-bond donors (Lipinski definition) is 1. The molecule has 4 heterocycles. The predicted molar refractivity (Wildman–Crippen MR) is 132 cm³/mol. The van der Waals surface area contributed by atoms with Gasteiger partial charge in [-0.2, -0.15) is 0 Å².